The van der Waals surface area contributed by atoms with Crippen LogP contribution in [0.25, 0.3) is 0 Å². The maximum absolute atomic E-state index is 12.9. The molecule has 1 amide bonds. The van der Waals surface area contributed by atoms with Crippen LogP contribution in [0.3, 0.4) is 0 Å². The molecule has 1 rings (SSSR count). The average Bonchev–Trinajstić information content (AvgIpc) is 2.08. The van der Waals surface area contributed by atoms with Crippen LogP contribution in [0.2, 0.25) is 0 Å². The lowest BCUT2D eigenvalue weighted by molar-refractivity contribution is 0.0995. The van der Waals surface area contributed by atoms with Crippen LogP contribution in [-0.4, -0.2) is 5.91 Å². The van der Waals surface area contributed by atoms with Gasteiger partial charge in [0, 0.05) is 0 Å². The molecule has 0 aliphatic rings. The highest BCUT2D eigenvalue weighted by Gasteiger charge is 2.17. The molecule has 0 atom stereocenters. The Balaban J connectivity index is 3.53. The van der Waals surface area contributed by atoms with E-state index in [1.165, 1.54) is 6.07 Å². The number of hydrogen-bond donors (Lipinski definition) is 1. The quantitative estimate of drug-likeness (QED) is 0.702. The van der Waals surface area contributed by atoms with Gasteiger partial charge < -0.3 is 5.73 Å². The minimum Gasteiger partial charge on any atom is -0.365 e. The number of primary amides is 1. The molecule has 2 N–H and O–H groups in total. The number of rotatable bonds is 1. The van der Waals surface area contributed by atoms with Gasteiger partial charge in [-0.1, -0.05) is 0 Å². The number of nitrogens with zero attached hydrogens (tertiary/aromatic N) is 1. The predicted octanol–water partition coefficient (Wildman–Crippen LogP) is 0.935. The lowest BCUT2D eigenvalue weighted by atomic mass is 10.1. The Hall–Kier alpha value is -1.96. The van der Waals surface area contributed by atoms with E-state index in [9.17, 15) is 13.6 Å². The van der Waals surface area contributed by atoms with Crippen LogP contribution < -0.4 is 5.73 Å². The molecule has 0 spiro atoms. The SMILES string of the molecule is N#Cc1ccc(F)c(F)c1C(N)=O. The van der Waals surface area contributed by atoms with Crippen LogP contribution >= 0.6 is 0 Å². The van der Waals surface area contributed by atoms with E-state index in [-0.39, 0.29) is 5.56 Å². The average molecular weight is 182 g/mol. The zero-order chi connectivity index (χ0) is 10.0. The van der Waals surface area contributed by atoms with Crippen LogP contribution in [0.15, 0.2) is 12.1 Å². The van der Waals surface area contributed by atoms with Gasteiger partial charge in [-0.2, -0.15) is 5.26 Å². The Labute approximate surface area is 72.4 Å². The fourth-order valence-corrected chi connectivity index (χ4v) is 0.885. The predicted molar refractivity (Wildman–Crippen MR) is 39.6 cm³/mol. The number of benzene rings is 1. The van der Waals surface area contributed by atoms with Gasteiger partial charge in [0.05, 0.1) is 11.1 Å². The summed E-state index contributed by atoms with van der Waals surface area (Å²) in [5.41, 5.74) is 3.79. The molecular weight excluding hydrogens is 178 g/mol. The number of carbonyl (C=O) groups is 1. The first-order valence-electron chi connectivity index (χ1n) is 3.26. The molecule has 1 aromatic carbocycles. The third kappa shape index (κ3) is 1.47. The molecular formula is C8H4F2N2O. The maximum atomic E-state index is 12.9. The van der Waals surface area contributed by atoms with Crippen molar-refractivity contribution in [1.29, 1.82) is 5.26 Å². The molecule has 5 heteroatoms. The minimum absolute atomic E-state index is 0.272. The molecule has 0 aliphatic heterocycles. The van der Waals surface area contributed by atoms with Crippen molar-refractivity contribution in [2.45, 2.75) is 0 Å². The molecule has 13 heavy (non-hydrogen) atoms. The summed E-state index contributed by atoms with van der Waals surface area (Å²) < 4.78 is 25.4. The first-order valence-corrected chi connectivity index (χ1v) is 3.26. The van der Waals surface area contributed by atoms with Crippen molar-refractivity contribution in [1.82, 2.24) is 0 Å². The van der Waals surface area contributed by atoms with Crippen molar-refractivity contribution in [3.8, 4) is 6.07 Å². The molecule has 1 aromatic rings. The number of halogens is 2. The number of carbonyl (C=O) groups excluding carboxylic acids is 1. The molecule has 0 saturated carbocycles. The summed E-state index contributed by atoms with van der Waals surface area (Å²) in [4.78, 5) is 10.6. The normalized spacial score (nSPS) is 9.31. The number of nitrogens with two attached hydrogens (primary N) is 1. The molecule has 0 aromatic heterocycles. The maximum Gasteiger partial charge on any atom is 0.253 e. The Morgan fingerprint density at radius 2 is 2.08 bits per heavy atom. The molecule has 0 saturated heterocycles. The van der Waals surface area contributed by atoms with Crippen molar-refractivity contribution in [3.05, 3.63) is 34.9 Å². The van der Waals surface area contributed by atoms with Crippen molar-refractivity contribution in [2.24, 2.45) is 5.73 Å². The molecule has 0 heterocycles. The molecule has 0 fully saturated rings. The smallest absolute Gasteiger partial charge is 0.253 e. The van der Waals surface area contributed by atoms with Gasteiger partial charge in [0.25, 0.3) is 5.91 Å². The van der Waals surface area contributed by atoms with Gasteiger partial charge in [-0.05, 0) is 12.1 Å². The topological polar surface area (TPSA) is 66.9 Å². The summed E-state index contributed by atoms with van der Waals surface area (Å²) in [6.45, 7) is 0. The van der Waals surface area contributed by atoms with E-state index in [1.54, 1.807) is 0 Å². The molecule has 66 valence electrons. The van der Waals surface area contributed by atoms with Gasteiger partial charge in [-0.15, -0.1) is 0 Å². The summed E-state index contributed by atoms with van der Waals surface area (Å²) in [6.07, 6.45) is 0. The zero-order valence-corrected chi connectivity index (χ0v) is 6.34. The standard InChI is InChI=1S/C8H4F2N2O/c9-5-2-1-4(3-11)6(7(5)10)8(12)13/h1-2H,(H2,12,13). The van der Waals surface area contributed by atoms with Crippen LogP contribution in [0, 0.1) is 23.0 Å². The van der Waals surface area contributed by atoms with E-state index in [0.29, 0.717) is 0 Å². The Morgan fingerprint density at radius 1 is 1.46 bits per heavy atom. The summed E-state index contributed by atoms with van der Waals surface area (Å²) in [7, 11) is 0. The van der Waals surface area contributed by atoms with Gasteiger partial charge in [-0.25, -0.2) is 8.78 Å². The van der Waals surface area contributed by atoms with Gasteiger partial charge in [0.15, 0.2) is 11.6 Å². The number of hydrogen-bond acceptors (Lipinski definition) is 2. The fraction of sp³-hybridized carbons (Fsp3) is 0. The highest BCUT2D eigenvalue weighted by molar-refractivity contribution is 5.95. The number of nitriles is 1. The first-order chi connectivity index (χ1) is 6.07. The summed E-state index contributed by atoms with van der Waals surface area (Å²) in [5, 5.41) is 8.44. The van der Waals surface area contributed by atoms with Crippen molar-refractivity contribution in [3.63, 3.8) is 0 Å². The molecule has 0 radical (unpaired) electrons. The third-order valence-corrected chi connectivity index (χ3v) is 1.46. The lowest BCUT2D eigenvalue weighted by Crippen LogP contribution is -2.16. The van der Waals surface area contributed by atoms with E-state index >= 15 is 0 Å². The van der Waals surface area contributed by atoms with Crippen LogP contribution in [0.4, 0.5) is 8.78 Å². The Kier molecular flexibility index (Phi) is 2.24. The second kappa shape index (κ2) is 3.19. The van der Waals surface area contributed by atoms with E-state index in [1.807, 2.05) is 0 Å². The monoisotopic (exact) mass is 182 g/mol. The van der Waals surface area contributed by atoms with E-state index in [0.717, 1.165) is 12.1 Å². The van der Waals surface area contributed by atoms with Crippen LogP contribution in [0.5, 0.6) is 0 Å². The Bertz CT molecular complexity index is 409. The van der Waals surface area contributed by atoms with E-state index in [2.05, 4.69) is 0 Å². The minimum atomic E-state index is -1.38. The van der Waals surface area contributed by atoms with Gasteiger partial charge in [0.1, 0.15) is 6.07 Å². The molecule has 0 aliphatic carbocycles. The van der Waals surface area contributed by atoms with E-state index < -0.39 is 23.1 Å². The largest absolute Gasteiger partial charge is 0.365 e. The zero-order valence-electron chi connectivity index (χ0n) is 6.34. The molecule has 3 nitrogen and oxygen atoms in total. The second-order valence-corrected chi connectivity index (χ2v) is 2.26. The number of amides is 1. The third-order valence-electron chi connectivity index (χ3n) is 1.46. The summed E-state index contributed by atoms with van der Waals surface area (Å²) in [5.74, 6) is -3.74. The van der Waals surface area contributed by atoms with Crippen LogP contribution in [0.1, 0.15) is 15.9 Å². The highest BCUT2D eigenvalue weighted by Crippen LogP contribution is 2.15. The van der Waals surface area contributed by atoms with Gasteiger partial charge in [-0.3, -0.25) is 4.79 Å². The van der Waals surface area contributed by atoms with Gasteiger partial charge >= 0.3 is 0 Å². The van der Waals surface area contributed by atoms with Gasteiger partial charge in [0.2, 0.25) is 0 Å². The van der Waals surface area contributed by atoms with Crippen molar-refractivity contribution in [2.75, 3.05) is 0 Å². The fourth-order valence-electron chi connectivity index (χ4n) is 0.885. The molecule has 0 unspecified atom stereocenters. The summed E-state index contributed by atoms with van der Waals surface area (Å²) in [6, 6.07) is 3.30. The van der Waals surface area contributed by atoms with Crippen LogP contribution in [-0.2, 0) is 0 Å². The Morgan fingerprint density at radius 3 is 2.54 bits per heavy atom. The molecule has 0 bridgehead atoms. The van der Waals surface area contributed by atoms with Crippen molar-refractivity contribution >= 4 is 5.91 Å². The lowest BCUT2D eigenvalue weighted by Gasteiger charge is -2.00. The summed E-state index contributed by atoms with van der Waals surface area (Å²) >= 11 is 0. The first kappa shape index (κ1) is 9.13. The van der Waals surface area contributed by atoms with Crippen molar-refractivity contribution < 1.29 is 13.6 Å². The highest BCUT2D eigenvalue weighted by atomic mass is 19.2. The van der Waals surface area contributed by atoms with E-state index in [4.69, 9.17) is 11.0 Å². The second-order valence-electron chi connectivity index (χ2n) is 2.26.